The van der Waals surface area contributed by atoms with Crippen molar-refractivity contribution in [2.75, 3.05) is 6.54 Å². The lowest BCUT2D eigenvalue weighted by Crippen LogP contribution is -2.26. The maximum atomic E-state index is 12.4. The molecular weight excluding hydrogens is 334 g/mol. The van der Waals surface area contributed by atoms with Crippen LogP contribution < -0.4 is 10.5 Å². The number of hydrogen-bond donors (Lipinski definition) is 1. The lowest BCUT2D eigenvalue weighted by Gasteiger charge is -2.06. The van der Waals surface area contributed by atoms with Crippen molar-refractivity contribution in [2.24, 2.45) is 7.05 Å². The van der Waals surface area contributed by atoms with Gasteiger partial charge in [-0.3, -0.25) is 4.57 Å². The van der Waals surface area contributed by atoms with E-state index in [0.29, 0.717) is 17.7 Å². The second-order valence-electron chi connectivity index (χ2n) is 5.51. The summed E-state index contributed by atoms with van der Waals surface area (Å²) in [4.78, 5) is 11.5. The van der Waals surface area contributed by atoms with E-state index in [9.17, 15) is 13.2 Å². The molecule has 8 nitrogen and oxygen atoms in total. The zero-order valence-corrected chi connectivity index (χ0v) is 14.3. The van der Waals surface area contributed by atoms with Crippen LogP contribution in [0.3, 0.4) is 0 Å². The highest BCUT2D eigenvalue weighted by Crippen LogP contribution is 2.18. The summed E-state index contributed by atoms with van der Waals surface area (Å²) in [5.41, 5.74) is 2.41. The number of fused-ring (bicyclic) bond motifs is 1. The van der Waals surface area contributed by atoms with Gasteiger partial charge in [0.1, 0.15) is 5.76 Å². The Kier molecular flexibility index (Phi) is 4.06. The number of benzene rings is 1. The van der Waals surface area contributed by atoms with E-state index >= 15 is 0 Å². The van der Waals surface area contributed by atoms with E-state index in [-0.39, 0.29) is 17.0 Å². The molecule has 0 saturated carbocycles. The number of oxazole rings is 1. The molecular formula is C15H17N3O5S. The predicted molar refractivity (Wildman–Crippen MR) is 86.3 cm³/mol. The molecule has 128 valence electrons. The van der Waals surface area contributed by atoms with E-state index < -0.39 is 15.8 Å². The molecule has 1 N–H and O–H groups in total. The summed E-state index contributed by atoms with van der Waals surface area (Å²) in [5.74, 6) is 0.144. The minimum absolute atomic E-state index is 0.0445. The fourth-order valence-corrected chi connectivity index (χ4v) is 3.58. The summed E-state index contributed by atoms with van der Waals surface area (Å²) in [6.45, 7) is 3.81. The Morgan fingerprint density at radius 2 is 2.04 bits per heavy atom. The van der Waals surface area contributed by atoms with Crippen LogP contribution in [0, 0.1) is 13.8 Å². The van der Waals surface area contributed by atoms with Gasteiger partial charge in [0, 0.05) is 25.2 Å². The maximum Gasteiger partial charge on any atom is 0.419 e. The van der Waals surface area contributed by atoms with Crippen LogP contribution in [0.15, 0.2) is 36.8 Å². The molecule has 0 saturated heterocycles. The van der Waals surface area contributed by atoms with E-state index in [1.165, 1.54) is 16.7 Å². The monoisotopic (exact) mass is 351 g/mol. The molecule has 0 amide bonds. The van der Waals surface area contributed by atoms with Crippen molar-refractivity contribution in [3.8, 4) is 0 Å². The van der Waals surface area contributed by atoms with E-state index in [0.717, 1.165) is 11.3 Å². The van der Waals surface area contributed by atoms with Gasteiger partial charge in [-0.25, -0.2) is 17.9 Å². The Bertz CT molecular complexity index is 1040. The van der Waals surface area contributed by atoms with E-state index in [1.807, 2.05) is 6.92 Å². The van der Waals surface area contributed by atoms with E-state index in [2.05, 4.69) is 9.88 Å². The van der Waals surface area contributed by atoms with Crippen molar-refractivity contribution in [1.29, 1.82) is 0 Å². The molecule has 0 atom stereocenters. The highest BCUT2D eigenvalue weighted by Gasteiger charge is 2.17. The standard InChI is InChI=1S/C15H17N3O5S/c1-9-12(10(2)23-17-9)6-7-16-24(20,21)11-4-5-13-14(8-11)22-15(19)18(13)3/h4-5,8,16H,6-7H2,1-3H3. The van der Waals surface area contributed by atoms with Crippen LogP contribution in [0.25, 0.3) is 11.1 Å². The average Bonchev–Trinajstić information content (AvgIpc) is 3.00. The lowest BCUT2D eigenvalue weighted by molar-refractivity contribution is 0.392. The molecule has 0 fully saturated rings. The second-order valence-corrected chi connectivity index (χ2v) is 7.27. The van der Waals surface area contributed by atoms with Gasteiger partial charge < -0.3 is 8.94 Å². The molecule has 0 aliphatic heterocycles. The first kappa shape index (κ1) is 16.5. The summed E-state index contributed by atoms with van der Waals surface area (Å²) in [7, 11) is -2.15. The third kappa shape index (κ3) is 2.87. The Morgan fingerprint density at radius 1 is 1.29 bits per heavy atom. The first-order chi connectivity index (χ1) is 11.3. The zero-order valence-electron chi connectivity index (χ0n) is 13.5. The number of aryl methyl sites for hydroxylation is 3. The number of nitrogens with zero attached hydrogens (tertiary/aromatic N) is 2. The molecule has 3 rings (SSSR count). The van der Waals surface area contributed by atoms with E-state index in [4.69, 9.17) is 8.94 Å². The van der Waals surface area contributed by atoms with Crippen molar-refractivity contribution in [3.63, 3.8) is 0 Å². The fraction of sp³-hybridized carbons (Fsp3) is 0.333. The number of aromatic nitrogens is 2. The molecule has 0 bridgehead atoms. The molecule has 0 aliphatic rings. The fourth-order valence-electron chi connectivity index (χ4n) is 2.53. The first-order valence-corrected chi connectivity index (χ1v) is 8.79. The highest BCUT2D eigenvalue weighted by atomic mass is 32.2. The Balaban J connectivity index is 1.79. The quantitative estimate of drug-likeness (QED) is 0.741. The van der Waals surface area contributed by atoms with Crippen LogP contribution in [-0.4, -0.2) is 24.7 Å². The first-order valence-electron chi connectivity index (χ1n) is 7.30. The molecule has 3 aromatic rings. The van der Waals surface area contributed by atoms with Crippen molar-refractivity contribution in [1.82, 2.24) is 14.4 Å². The zero-order chi connectivity index (χ0) is 17.5. The highest BCUT2D eigenvalue weighted by molar-refractivity contribution is 7.89. The largest absolute Gasteiger partial charge is 0.419 e. The topological polar surface area (TPSA) is 107 Å². The third-order valence-electron chi connectivity index (χ3n) is 3.92. The SMILES string of the molecule is Cc1noc(C)c1CCNS(=O)(=O)c1ccc2c(c1)oc(=O)n2C. The molecule has 0 radical (unpaired) electrons. The number of hydrogen-bond acceptors (Lipinski definition) is 6. The summed E-state index contributed by atoms with van der Waals surface area (Å²) in [6, 6.07) is 4.33. The molecule has 1 aromatic carbocycles. The van der Waals surface area contributed by atoms with Gasteiger partial charge in [0.15, 0.2) is 5.58 Å². The molecule has 24 heavy (non-hydrogen) atoms. The van der Waals surface area contributed by atoms with Crippen molar-refractivity contribution >= 4 is 21.1 Å². The van der Waals surface area contributed by atoms with Gasteiger partial charge in [-0.2, -0.15) is 0 Å². The summed E-state index contributed by atoms with van der Waals surface area (Å²) < 4.78 is 38.7. The third-order valence-corrected chi connectivity index (χ3v) is 5.38. The summed E-state index contributed by atoms with van der Waals surface area (Å²) in [5, 5.41) is 3.84. The Morgan fingerprint density at radius 3 is 2.71 bits per heavy atom. The van der Waals surface area contributed by atoms with Crippen LogP contribution in [0.1, 0.15) is 17.0 Å². The van der Waals surface area contributed by atoms with Crippen LogP contribution in [0.5, 0.6) is 0 Å². The smallest absolute Gasteiger partial charge is 0.408 e. The minimum Gasteiger partial charge on any atom is -0.408 e. The molecule has 0 unspecified atom stereocenters. The predicted octanol–water partition coefficient (Wildman–Crippen LogP) is 1.26. The van der Waals surface area contributed by atoms with Crippen LogP contribution >= 0.6 is 0 Å². The van der Waals surface area contributed by atoms with Crippen molar-refractivity contribution in [2.45, 2.75) is 25.2 Å². The van der Waals surface area contributed by atoms with Gasteiger partial charge >= 0.3 is 5.76 Å². The van der Waals surface area contributed by atoms with Crippen LogP contribution in [0.4, 0.5) is 0 Å². The van der Waals surface area contributed by atoms with E-state index in [1.54, 1.807) is 20.0 Å². The molecule has 0 spiro atoms. The second kappa shape index (κ2) is 5.91. The number of nitrogens with one attached hydrogen (secondary N) is 1. The van der Waals surface area contributed by atoms with Crippen LogP contribution in [-0.2, 0) is 23.5 Å². The Hall–Kier alpha value is -2.39. The van der Waals surface area contributed by atoms with Gasteiger partial charge in [0.2, 0.25) is 10.0 Å². The van der Waals surface area contributed by atoms with Gasteiger partial charge in [0.25, 0.3) is 0 Å². The molecule has 9 heteroatoms. The Labute approximate surface area is 138 Å². The normalized spacial score (nSPS) is 12.1. The minimum atomic E-state index is -3.71. The summed E-state index contributed by atoms with van der Waals surface area (Å²) >= 11 is 0. The maximum absolute atomic E-state index is 12.4. The summed E-state index contributed by atoms with van der Waals surface area (Å²) in [6.07, 6.45) is 0.475. The lowest BCUT2D eigenvalue weighted by atomic mass is 10.1. The van der Waals surface area contributed by atoms with Crippen molar-refractivity contribution in [3.05, 3.63) is 45.8 Å². The molecule has 2 heterocycles. The number of sulfonamides is 1. The van der Waals surface area contributed by atoms with Gasteiger partial charge in [-0.1, -0.05) is 5.16 Å². The number of rotatable bonds is 5. The molecule has 2 aromatic heterocycles. The van der Waals surface area contributed by atoms with Crippen molar-refractivity contribution < 1.29 is 17.4 Å². The van der Waals surface area contributed by atoms with Gasteiger partial charge in [-0.15, -0.1) is 0 Å². The van der Waals surface area contributed by atoms with Crippen LogP contribution in [0.2, 0.25) is 0 Å². The molecule has 0 aliphatic carbocycles. The van der Waals surface area contributed by atoms with Gasteiger partial charge in [-0.05, 0) is 32.4 Å². The van der Waals surface area contributed by atoms with Gasteiger partial charge in [0.05, 0.1) is 16.1 Å². The average molecular weight is 351 g/mol.